The molecule has 2 aromatic carbocycles. The van der Waals surface area contributed by atoms with Gasteiger partial charge in [-0.1, -0.05) is 30.3 Å². The van der Waals surface area contributed by atoms with Gasteiger partial charge in [0.15, 0.2) is 5.78 Å². The first kappa shape index (κ1) is 26.4. The number of benzene rings is 2. The molecule has 5 rings (SSSR count). The maximum Gasteiger partial charge on any atom is 1.00 e. The molecule has 0 aromatic heterocycles. The molecule has 3 aliphatic rings. The summed E-state index contributed by atoms with van der Waals surface area (Å²) in [7, 11) is 0. The molecule has 8 heteroatoms. The first-order valence-corrected chi connectivity index (χ1v) is 10.2. The second-order valence-corrected chi connectivity index (χ2v) is 9.12. The van der Waals surface area contributed by atoms with Gasteiger partial charge in [-0.15, -0.1) is 0 Å². The van der Waals surface area contributed by atoms with Crippen LogP contribution in [0.15, 0.2) is 42.5 Å². The van der Waals surface area contributed by atoms with Gasteiger partial charge in [0, 0.05) is 23.9 Å². The largest absolute Gasteiger partial charge is 1.00 e. The maximum absolute atomic E-state index is 15.3. The molecule has 0 N–H and O–H groups in total. The molecule has 1 atom stereocenters. The van der Waals surface area contributed by atoms with Gasteiger partial charge in [-0.05, 0) is 56.9 Å². The van der Waals surface area contributed by atoms with E-state index >= 15 is 4.39 Å². The predicted octanol–water partition coefficient (Wildman–Crippen LogP) is -0.851. The second kappa shape index (κ2) is 9.95. The van der Waals surface area contributed by atoms with Crippen LogP contribution in [0.2, 0.25) is 0 Å². The van der Waals surface area contributed by atoms with Crippen LogP contribution < -0.4 is 31.3 Å². The molecule has 0 radical (unpaired) electrons. The molecule has 2 saturated heterocycles. The Morgan fingerprint density at radius 2 is 1.75 bits per heavy atom. The Morgan fingerprint density at radius 3 is 2.34 bits per heavy atom. The van der Waals surface area contributed by atoms with Crippen LogP contribution in [0.4, 0.5) is 13.6 Å². The number of rotatable bonds is 3. The Kier molecular flexibility index (Phi) is 8.20. The van der Waals surface area contributed by atoms with Gasteiger partial charge in [-0.3, -0.25) is 9.69 Å². The van der Waals surface area contributed by atoms with E-state index in [0.717, 1.165) is 12.1 Å². The van der Waals surface area contributed by atoms with Crippen LogP contribution in [0.3, 0.4) is 0 Å². The van der Waals surface area contributed by atoms with Gasteiger partial charge in [0.2, 0.25) is 0 Å². The molecule has 3 fully saturated rings. The Labute approximate surface area is 205 Å². The number of ketones is 1. The van der Waals surface area contributed by atoms with E-state index in [-0.39, 0.29) is 66.6 Å². The minimum absolute atomic E-state index is 0. The molecule has 1 amide bonds. The van der Waals surface area contributed by atoms with Crippen molar-refractivity contribution in [3.8, 4) is 11.1 Å². The number of carbonyl (C=O) groups is 2. The summed E-state index contributed by atoms with van der Waals surface area (Å²) >= 11 is 0. The second-order valence-electron chi connectivity index (χ2n) is 9.12. The van der Waals surface area contributed by atoms with E-state index in [1.807, 2.05) is 0 Å². The summed E-state index contributed by atoms with van der Waals surface area (Å²) in [4.78, 5) is 27.2. The third-order valence-corrected chi connectivity index (χ3v) is 5.79. The molecule has 2 bridgehead atoms. The van der Waals surface area contributed by atoms with Crippen LogP contribution in [-0.4, -0.2) is 34.5 Å². The van der Waals surface area contributed by atoms with E-state index in [4.69, 9.17) is 4.74 Å². The molecule has 166 valence electrons. The fraction of sp³-hybridized carbons (Fsp3) is 0.417. The van der Waals surface area contributed by atoms with Crippen LogP contribution >= 0.6 is 0 Å². The zero-order valence-electron chi connectivity index (χ0n) is 18.7. The summed E-state index contributed by atoms with van der Waals surface area (Å²) < 4.78 is 35.2. The monoisotopic (exact) mass is 455 g/mol. The van der Waals surface area contributed by atoms with Gasteiger partial charge in [-0.25, -0.2) is 13.6 Å². The molecule has 2 aromatic rings. The molecule has 0 spiro atoms. The first-order chi connectivity index (χ1) is 14.1. The summed E-state index contributed by atoms with van der Waals surface area (Å²) in [6.07, 6.45) is 0.559. The third kappa shape index (κ3) is 5.19. The number of amides is 1. The zero-order valence-corrected chi connectivity index (χ0v) is 19.5. The quantitative estimate of drug-likeness (QED) is 0.567. The maximum atomic E-state index is 15.3. The van der Waals surface area contributed by atoms with Gasteiger partial charge >= 0.3 is 25.0 Å². The molecule has 2 heterocycles. The molecular formula is C24H25ClF2LiNO3. The van der Waals surface area contributed by atoms with Gasteiger partial charge < -0.3 is 17.1 Å². The Bertz CT molecular complexity index is 991. The molecule has 1 unspecified atom stereocenters. The predicted molar refractivity (Wildman–Crippen MR) is 109 cm³/mol. The number of fused-ring (bicyclic) bond motifs is 2. The molecule has 4 nitrogen and oxygen atoms in total. The van der Waals surface area contributed by atoms with E-state index < -0.39 is 29.4 Å². The van der Waals surface area contributed by atoms with Crippen molar-refractivity contribution < 1.29 is 54.4 Å². The van der Waals surface area contributed by atoms with Crippen molar-refractivity contribution >= 4 is 11.9 Å². The third-order valence-electron chi connectivity index (χ3n) is 5.79. The Balaban J connectivity index is 0.00000181. The van der Waals surface area contributed by atoms with Crippen molar-refractivity contribution in [2.24, 2.45) is 5.92 Å². The molecule has 1 aliphatic carbocycles. The normalized spacial score (nSPS) is 21.7. The number of hydrogen-bond acceptors (Lipinski definition) is 3. The van der Waals surface area contributed by atoms with Gasteiger partial charge in [0.25, 0.3) is 0 Å². The fourth-order valence-corrected chi connectivity index (χ4v) is 4.33. The molecule has 1 saturated carbocycles. The van der Waals surface area contributed by atoms with Crippen molar-refractivity contribution in [3.63, 3.8) is 0 Å². The van der Waals surface area contributed by atoms with Crippen LogP contribution in [0, 0.1) is 17.6 Å². The van der Waals surface area contributed by atoms with Crippen LogP contribution in [0.1, 0.15) is 39.2 Å². The first-order valence-electron chi connectivity index (χ1n) is 10.2. The number of Topliss-reactive ketones (excluding diaryl/α,β-unsaturated/α-hetero) is 1. The Morgan fingerprint density at radius 1 is 1.12 bits per heavy atom. The Hall–Kier alpha value is -1.87. The van der Waals surface area contributed by atoms with Gasteiger partial charge in [0.1, 0.15) is 17.2 Å². The SMILES string of the molecule is CC(C)(C)OC(=O)N1C2CC(C2)C(=O)C1Cc1cc(F)cc(-c2ccccc2)c1F.[Cl-].[Li+]. The number of hydrogen-bond donors (Lipinski definition) is 0. The van der Waals surface area contributed by atoms with Crippen LogP contribution in [-0.2, 0) is 16.0 Å². The smallest absolute Gasteiger partial charge is 1.00 e. The van der Waals surface area contributed by atoms with Crippen LogP contribution in [0.25, 0.3) is 11.1 Å². The van der Waals surface area contributed by atoms with E-state index in [2.05, 4.69) is 0 Å². The number of nitrogens with zero attached hydrogens (tertiary/aromatic N) is 1. The summed E-state index contributed by atoms with van der Waals surface area (Å²) in [5.41, 5.74) is 0.0676. The van der Waals surface area contributed by atoms with Crippen molar-refractivity contribution in [1.29, 1.82) is 0 Å². The summed E-state index contributed by atoms with van der Waals surface area (Å²) in [5, 5.41) is 0. The fourth-order valence-electron chi connectivity index (χ4n) is 4.33. The topological polar surface area (TPSA) is 46.6 Å². The summed E-state index contributed by atoms with van der Waals surface area (Å²) in [5.74, 6) is -1.38. The number of ether oxygens (including phenoxy) is 1. The van der Waals surface area contributed by atoms with Crippen molar-refractivity contribution in [1.82, 2.24) is 4.90 Å². The molecule has 32 heavy (non-hydrogen) atoms. The summed E-state index contributed by atoms with van der Waals surface area (Å²) in [6, 6.07) is 10.0. The van der Waals surface area contributed by atoms with Crippen LogP contribution in [0.5, 0.6) is 0 Å². The number of halogens is 3. The average molecular weight is 456 g/mol. The van der Waals surface area contributed by atoms with Crippen molar-refractivity contribution in [3.05, 3.63) is 59.7 Å². The number of piperidine rings is 2. The molecule has 2 aliphatic heterocycles. The van der Waals surface area contributed by atoms with E-state index in [1.165, 1.54) is 4.90 Å². The van der Waals surface area contributed by atoms with Crippen molar-refractivity contribution in [2.45, 2.75) is 57.7 Å². The minimum Gasteiger partial charge on any atom is -1.00 e. The van der Waals surface area contributed by atoms with E-state index in [0.29, 0.717) is 18.4 Å². The average Bonchev–Trinajstić information content (AvgIpc) is 2.63. The van der Waals surface area contributed by atoms with E-state index in [1.54, 1.807) is 51.1 Å². The van der Waals surface area contributed by atoms with E-state index in [9.17, 15) is 14.0 Å². The standard InChI is InChI=1S/C24H25F2NO3.ClH.Li/c1-24(2,3)30-23(29)27-18-10-16(11-18)22(28)20(27)12-15-9-17(25)13-19(21(15)26)14-7-5-4-6-8-14;;/h4-9,13,16,18,20H,10-12H2,1-3H3;1H;/q;;+1/p-1. The minimum atomic E-state index is -0.850. The number of carbonyl (C=O) groups excluding carboxylic acids is 2. The molecular weight excluding hydrogens is 431 g/mol. The van der Waals surface area contributed by atoms with Gasteiger partial charge in [0.05, 0.1) is 6.04 Å². The van der Waals surface area contributed by atoms with Gasteiger partial charge in [-0.2, -0.15) is 0 Å². The summed E-state index contributed by atoms with van der Waals surface area (Å²) in [6.45, 7) is 5.27. The zero-order chi connectivity index (χ0) is 21.6. The van der Waals surface area contributed by atoms with Crippen molar-refractivity contribution in [2.75, 3.05) is 0 Å².